The zero-order chi connectivity index (χ0) is 8.81. The molecule has 1 rings (SSSR count). The van der Waals surface area contributed by atoms with Crippen LogP contribution in [0.25, 0.3) is 0 Å². The Morgan fingerprint density at radius 2 is 2.25 bits per heavy atom. The summed E-state index contributed by atoms with van der Waals surface area (Å²) in [6.07, 6.45) is 4.72. The molecule has 0 atom stereocenters. The summed E-state index contributed by atoms with van der Waals surface area (Å²) in [6, 6.07) is 0. The highest BCUT2D eigenvalue weighted by Gasteiger charge is 1.92. The van der Waals surface area contributed by atoms with E-state index in [1.54, 1.807) is 12.4 Å². The summed E-state index contributed by atoms with van der Waals surface area (Å²) in [6.45, 7) is 2.57. The van der Waals surface area contributed by atoms with E-state index in [1.165, 1.54) is 6.33 Å². The van der Waals surface area contributed by atoms with Crippen LogP contribution in [-0.2, 0) is 0 Å². The van der Waals surface area contributed by atoms with Crippen LogP contribution in [0, 0.1) is 0 Å². The summed E-state index contributed by atoms with van der Waals surface area (Å²) in [7, 11) is 0. The Hall–Kier alpha value is -1.65. The number of rotatable bonds is 2. The Balaban J connectivity index is 2.58. The summed E-state index contributed by atoms with van der Waals surface area (Å²) >= 11 is 0. The molecule has 1 heterocycles. The lowest BCUT2D eigenvalue weighted by molar-refractivity contribution is 1.11. The standard InChI is InChI=1S/C7H11N5/c1-2-11-7(8)12-6-3-9-5-10-4-6/h3-5H,2H2,1H3,(H3,8,11,12). The van der Waals surface area contributed by atoms with Gasteiger partial charge in [0.1, 0.15) is 6.33 Å². The molecule has 64 valence electrons. The minimum absolute atomic E-state index is 0.382. The van der Waals surface area contributed by atoms with Crippen molar-refractivity contribution >= 4 is 11.6 Å². The highest BCUT2D eigenvalue weighted by molar-refractivity contribution is 5.91. The van der Waals surface area contributed by atoms with Crippen LogP contribution in [0.4, 0.5) is 5.69 Å². The maximum absolute atomic E-state index is 5.50. The van der Waals surface area contributed by atoms with Crippen LogP contribution in [0.2, 0.25) is 0 Å². The molecular weight excluding hydrogens is 154 g/mol. The lowest BCUT2D eigenvalue weighted by Gasteiger charge is -2.02. The number of nitrogens with two attached hydrogens (primary N) is 1. The molecule has 5 nitrogen and oxygen atoms in total. The van der Waals surface area contributed by atoms with E-state index in [0.29, 0.717) is 12.5 Å². The number of hydrogen-bond donors (Lipinski definition) is 2. The molecule has 0 radical (unpaired) electrons. The normalized spacial score (nSPS) is 11.2. The van der Waals surface area contributed by atoms with Gasteiger partial charge < -0.3 is 11.1 Å². The third-order valence-corrected chi connectivity index (χ3v) is 1.16. The quantitative estimate of drug-likeness (QED) is 0.485. The third-order valence-electron chi connectivity index (χ3n) is 1.16. The van der Waals surface area contributed by atoms with Gasteiger partial charge in [0.25, 0.3) is 0 Å². The second-order valence-corrected chi connectivity index (χ2v) is 2.11. The second-order valence-electron chi connectivity index (χ2n) is 2.11. The lowest BCUT2D eigenvalue weighted by atomic mass is 10.5. The Labute approximate surface area is 70.8 Å². The summed E-state index contributed by atoms with van der Waals surface area (Å²) in [4.78, 5) is 11.6. The number of hydrogen-bond acceptors (Lipinski definition) is 3. The van der Waals surface area contributed by atoms with Gasteiger partial charge in [0.15, 0.2) is 5.96 Å². The first-order chi connectivity index (χ1) is 5.83. The van der Waals surface area contributed by atoms with Crippen LogP contribution in [0.1, 0.15) is 6.92 Å². The van der Waals surface area contributed by atoms with Crippen LogP contribution in [-0.4, -0.2) is 22.5 Å². The predicted molar refractivity (Wildman–Crippen MR) is 47.8 cm³/mol. The molecule has 0 fully saturated rings. The molecule has 0 spiro atoms. The van der Waals surface area contributed by atoms with Gasteiger partial charge in [0.2, 0.25) is 0 Å². The largest absolute Gasteiger partial charge is 0.370 e. The van der Waals surface area contributed by atoms with Gasteiger partial charge in [-0.15, -0.1) is 0 Å². The van der Waals surface area contributed by atoms with Crippen molar-refractivity contribution in [3.05, 3.63) is 18.7 Å². The monoisotopic (exact) mass is 165 g/mol. The third kappa shape index (κ3) is 2.53. The maximum Gasteiger partial charge on any atom is 0.193 e. The molecule has 0 amide bonds. The molecule has 0 saturated carbocycles. The zero-order valence-corrected chi connectivity index (χ0v) is 6.86. The average Bonchev–Trinajstić information content (AvgIpc) is 2.06. The van der Waals surface area contributed by atoms with E-state index in [-0.39, 0.29) is 0 Å². The first-order valence-electron chi connectivity index (χ1n) is 3.65. The first-order valence-corrected chi connectivity index (χ1v) is 3.65. The van der Waals surface area contributed by atoms with Gasteiger partial charge in [-0.25, -0.2) is 9.97 Å². The highest BCUT2D eigenvalue weighted by Crippen LogP contribution is 1.98. The van der Waals surface area contributed by atoms with Gasteiger partial charge >= 0.3 is 0 Å². The van der Waals surface area contributed by atoms with Crippen molar-refractivity contribution in [1.82, 2.24) is 9.97 Å². The molecule has 1 aromatic rings. The van der Waals surface area contributed by atoms with Crippen molar-refractivity contribution in [3.8, 4) is 0 Å². The lowest BCUT2D eigenvalue weighted by Crippen LogP contribution is -2.22. The van der Waals surface area contributed by atoms with Crippen LogP contribution in [0.5, 0.6) is 0 Å². The molecule has 12 heavy (non-hydrogen) atoms. The molecule has 0 aromatic carbocycles. The molecule has 0 saturated heterocycles. The fourth-order valence-corrected chi connectivity index (χ4v) is 0.721. The van der Waals surface area contributed by atoms with Crippen molar-refractivity contribution < 1.29 is 0 Å². The van der Waals surface area contributed by atoms with E-state index in [1.807, 2.05) is 6.92 Å². The Morgan fingerprint density at radius 1 is 1.58 bits per heavy atom. The van der Waals surface area contributed by atoms with Gasteiger partial charge in [0, 0.05) is 6.54 Å². The molecule has 0 aliphatic carbocycles. The molecule has 0 bridgehead atoms. The number of aliphatic imine (C=N–C) groups is 1. The summed E-state index contributed by atoms with van der Waals surface area (Å²) in [5.74, 6) is 0.382. The number of nitrogens with one attached hydrogen (secondary N) is 1. The minimum atomic E-state index is 0.382. The van der Waals surface area contributed by atoms with Gasteiger partial charge in [-0.1, -0.05) is 0 Å². The van der Waals surface area contributed by atoms with Crippen LogP contribution in [0.15, 0.2) is 23.7 Å². The number of nitrogens with zero attached hydrogens (tertiary/aromatic N) is 3. The molecule has 3 N–H and O–H groups in total. The van der Waals surface area contributed by atoms with Crippen LogP contribution in [0.3, 0.4) is 0 Å². The van der Waals surface area contributed by atoms with Crippen molar-refractivity contribution in [1.29, 1.82) is 0 Å². The summed E-state index contributed by atoms with van der Waals surface area (Å²) in [5.41, 5.74) is 6.24. The second kappa shape index (κ2) is 4.27. The van der Waals surface area contributed by atoms with Gasteiger partial charge in [-0.05, 0) is 6.92 Å². The van der Waals surface area contributed by atoms with E-state index < -0.39 is 0 Å². The van der Waals surface area contributed by atoms with Crippen molar-refractivity contribution in [2.45, 2.75) is 6.92 Å². The molecule has 0 aliphatic heterocycles. The fourth-order valence-electron chi connectivity index (χ4n) is 0.721. The van der Waals surface area contributed by atoms with Crippen LogP contribution < -0.4 is 11.1 Å². The fraction of sp³-hybridized carbons (Fsp3) is 0.286. The molecular formula is C7H11N5. The average molecular weight is 165 g/mol. The molecule has 1 aromatic heterocycles. The molecule has 0 unspecified atom stereocenters. The predicted octanol–water partition coefficient (Wildman–Crippen LogP) is 0.223. The molecule has 5 heteroatoms. The van der Waals surface area contributed by atoms with E-state index >= 15 is 0 Å². The number of anilines is 1. The van der Waals surface area contributed by atoms with Crippen molar-refractivity contribution in [2.24, 2.45) is 10.7 Å². The van der Waals surface area contributed by atoms with E-state index in [0.717, 1.165) is 5.69 Å². The van der Waals surface area contributed by atoms with E-state index in [4.69, 9.17) is 5.73 Å². The molecule has 0 aliphatic rings. The Kier molecular flexibility index (Phi) is 3.01. The minimum Gasteiger partial charge on any atom is -0.370 e. The van der Waals surface area contributed by atoms with Gasteiger partial charge in [-0.3, -0.25) is 4.99 Å². The van der Waals surface area contributed by atoms with Crippen LogP contribution >= 0.6 is 0 Å². The van der Waals surface area contributed by atoms with E-state index in [9.17, 15) is 0 Å². The van der Waals surface area contributed by atoms with Crippen molar-refractivity contribution in [2.75, 3.05) is 11.9 Å². The topological polar surface area (TPSA) is 76.2 Å². The first kappa shape index (κ1) is 8.45. The van der Waals surface area contributed by atoms with Gasteiger partial charge in [-0.2, -0.15) is 0 Å². The van der Waals surface area contributed by atoms with E-state index in [2.05, 4.69) is 20.3 Å². The SMILES string of the molecule is CCN=C(N)Nc1cncnc1. The highest BCUT2D eigenvalue weighted by atomic mass is 15.1. The number of aromatic nitrogens is 2. The summed E-state index contributed by atoms with van der Waals surface area (Å²) in [5, 5.41) is 2.85. The summed E-state index contributed by atoms with van der Waals surface area (Å²) < 4.78 is 0. The smallest absolute Gasteiger partial charge is 0.193 e. The Bertz CT molecular complexity index is 256. The Morgan fingerprint density at radius 3 is 2.83 bits per heavy atom. The van der Waals surface area contributed by atoms with Gasteiger partial charge in [0.05, 0.1) is 18.1 Å². The zero-order valence-electron chi connectivity index (χ0n) is 6.86. The maximum atomic E-state index is 5.50. The van der Waals surface area contributed by atoms with Crippen molar-refractivity contribution in [3.63, 3.8) is 0 Å². The number of guanidine groups is 1.